The molecule has 0 aliphatic heterocycles. The summed E-state index contributed by atoms with van der Waals surface area (Å²) in [5.41, 5.74) is 2.87. The summed E-state index contributed by atoms with van der Waals surface area (Å²) in [6.45, 7) is 3.58. The number of rotatable bonds is 5. The predicted octanol–water partition coefficient (Wildman–Crippen LogP) is 2.40. The van der Waals surface area contributed by atoms with E-state index in [1.807, 2.05) is 24.3 Å². The number of carbonyl (C=O) groups is 1. The molecule has 1 N–H and O–H groups in total. The SMILES string of the molecule is C=CC(=O)OCCc1ccc(O)c(-n2nc3ccccc3n2)c1. The van der Waals surface area contributed by atoms with Gasteiger partial charge in [0.15, 0.2) is 0 Å². The number of benzene rings is 2. The van der Waals surface area contributed by atoms with Crippen LogP contribution in [-0.2, 0) is 16.0 Å². The standard InChI is InChI=1S/C17H15N3O3/c1-2-17(22)23-10-9-12-7-8-16(21)15(11-12)20-18-13-5-3-4-6-14(13)19-20/h2-8,11,21H,1,9-10H2. The Labute approximate surface area is 132 Å². The largest absolute Gasteiger partial charge is 0.506 e. The lowest BCUT2D eigenvalue weighted by molar-refractivity contribution is -0.137. The maximum atomic E-state index is 11.0. The molecular weight excluding hydrogens is 294 g/mol. The van der Waals surface area contributed by atoms with Gasteiger partial charge in [-0.3, -0.25) is 0 Å². The molecule has 3 rings (SSSR count). The molecule has 0 saturated carbocycles. The number of aromatic hydroxyl groups is 1. The fourth-order valence-electron chi connectivity index (χ4n) is 2.18. The fourth-order valence-corrected chi connectivity index (χ4v) is 2.18. The summed E-state index contributed by atoms with van der Waals surface area (Å²) in [4.78, 5) is 12.4. The second-order valence-corrected chi connectivity index (χ2v) is 4.92. The quantitative estimate of drug-likeness (QED) is 0.578. The number of nitrogens with zero attached hydrogens (tertiary/aromatic N) is 3. The molecule has 0 aliphatic rings. The molecule has 0 radical (unpaired) electrons. The average molecular weight is 309 g/mol. The molecule has 0 aliphatic carbocycles. The monoisotopic (exact) mass is 309 g/mol. The van der Waals surface area contributed by atoms with Crippen LogP contribution < -0.4 is 0 Å². The summed E-state index contributed by atoms with van der Waals surface area (Å²) in [6, 6.07) is 12.6. The Morgan fingerprint density at radius 1 is 1.22 bits per heavy atom. The van der Waals surface area contributed by atoms with Gasteiger partial charge in [-0.05, 0) is 29.8 Å². The van der Waals surface area contributed by atoms with Gasteiger partial charge in [-0.25, -0.2) is 4.79 Å². The van der Waals surface area contributed by atoms with Crippen molar-refractivity contribution in [2.45, 2.75) is 6.42 Å². The van der Waals surface area contributed by atoms with Gasteiger partial charge in [0.2, 0.25) is 0 Å². The van der Waals surface area contributed by atoms with E-state index in [4.69, 9.17) is 4.74 Å². The number of hydrogen-bond acceptors (Lipinski definition) is 5. The highest BCUT2D eigenvalue weighted by molar-refractivity contribution is 5.81. The second-order valence-electron chi connectivity index (χ2n) is 4.92. The molecule has 3 aromatic rings. The Morgan fingerprint density at radius 3 is 2.57 bits per heavy atom. The molecule has 0 fully saturated rings. The molecular formula is C17H15N3O3. The van der Waals surface area contributed by atoms with Crippen LogP contribution in [0.2, 0.25) is 0 Å². The van der Waals surface area contributed by atoms with Crippen LogP contribution in [0.1, 0.15) is 5.56 Å². The van der Waals surface area contributed by atoms with Gasteiger partial charge in [0.05, 0.1) is 6.61 Å². The van der Waals surface area contributed by atoms with Crippen LogP contribution >= 0.6 is 0 Å². The lowest BCUT2D eigenvalue weighted by Gasteiger charge is -2.07. The Bertz CT molecular complexity index is 837. The van der Waals surface area contributed by atoms with Gasteiger partial charge < -0.3 is 9.84 Å². The van der Waals surface area contributed by atoms with E-state index in [0.717, 1.165) is 22.7 Å². The average Bonchev–Trinajstić information content (AvgIpc) is 3.00. The van der Waals surface area contributed by atoms with Crippen molar-refractivity contribution in [2.75, 3.05) is 6.61 Å². The third kappa shape index (κ3) is 3.21. The lowest BCUT2D eigenvalue weighted by atomic mass is 10.1. The maximum Gasteiger partial charge on any atom is 0.330 e. The van der Waals surface area contributed by atoms with Crippen LogP contribution in [0.3, 0.4) is 0 Å². The molecule has 0 unspecified atom stereocenters. The minimum Gasteiger partial charge on any atom is -0.506 e. The highest BCUT2D eigenvalue weighted by Gasteiger charge is 2.10. The zero-order valence-electron chi connectivity index (χ0n) is 12.3. The molecule has 0 amide bonds. The molecule has 1 heterocycles. The third-order valence-electron chi connectivity index (χ3n) is 3.34. The van der Waals surface area contributed by atoms with Crippen LogP contribution in [0.25, 0.3) is 16.7 Å². The third-order valence-corrected chi connectivity index (χ3v) is 3.34. The first-order valence-corrected chi connectivity index (χ1v) is 7.11. The minimum absolute atomic E-state index is 0.0807. The first kappa shape index (κ1) is 14.8. The Kier molecular flexibility index (Phi) is 4.05. The summed E-state index contributed by atoms with van der Waals surface area (Å²) in [5.74, 6) is -0.374. The van der Waals surface area contributed by atoms with E-state index < -0.39 is 5.97 Å². The first-order valence-electron chi connectivity index (χ1n) is 7.11. The number of esters is 1. The van der Waals surface area contributed by atoms with Gasteiger partial charge in [0, 0.05) is 12.5 Å². The van der Waals surface area contributed by atoms with E-state index in [1.54, 1.807) is 18.2 Å². The number of phenols is 1. The molecule has 0 spiro atoms. The molecule has 6 nitrogen and oxygen atoms in total. The van der Waals surface area contributed by atoms with E-state index in [0.29, 0.717) is 12.1 Å². The van der Waals surface area contributed by atoms with Crippen LogP contribution in [0.4, 0.5) is 0 Å². The summed E-state index contributed by atoms with van der Waals surface area (Å²) < 4.78 is 4.96. The van der Waals surface area contributed by atoms with Gasteiger partial charge in [-0.2, -0.15) is 0 Å². The van der Waals surface area contributed by atoms with E-state index >= 15 is 0 Å². The number of carbonyl (C=O) groups excluding carboxylic acids is 1. The molecule has 2 aromatic carbocycles. The first-order chi connectivity index (χ1) is 11.2. The van der Waals surface area contributed by atoms with E-state index in [9.17, 15) is 9.90 Å². The zero-order valence-corrected chi connectivity index (χ0v) is 12.3. The van der Waals surface area contributed by atoms with Crippen molar-refractivity contribution in [3.8, 4) is 11.4 Å². The molecule has 1 aromatic heterocycles. The summed E-state index contributed by atoms with van der Waals surface area (Å²) in [5, 5.41) is 18.8. The maximum absolute atomic E-state index is 11.0. The van der Waals surface area contributed by atoms with Gasteiger partial charge in [0.25, 0.3) is 0 Å². The molecule has 0 atom stereocenters. The van der Waals surface area contributed by atoms with E-state index in [-0.39, 0.29) is 12.4 Å². The number of aromatic nitrogens is 3. The highest BCUT2D eigenvalue weighted by atomic mass is 16.5. The van der Waals surface area contributed by atoms with Crippen LogP contribution in [0.15, 0.2) is 55.1 Å². The van der Waals surface area contributed by atoms with E-state index in [2.05, 4.69) is 16.8 Å². The molecule has 0 bridgehead atoms. The van der Waals surface area contributed by atoms with Gasteiger partial charge >= 0.3 is 5.97 Å². The van der Waals surface area contributed by atoms with Crippen molar-refractivity contribution in [2.24, 2.45) is 0 Å². The predicted molar refractivity (Wildman–Crippen MR) is 85.4 cm³/mol. The summed E-state index contributed by atoms with van der Waals surface area (Å²) in [7, 11) is 0. The number of hydrogen-bond donors (Lipinski definition) is 1. The molecule has 6 heteroatoms. The lowest BCUT2D eigenvalue weighted by Crippen LogP contribution is -2.05. The van der Waals surface area contributed by atoms with Crippen LogP contribution in [-0.4, -0.2) is 32.7 Å². The van der Waals surface area contributed by atoms with Crippen LogP contribution in [0.5, 0.6) is 5.75 Å². The van der Waals surface area contributed by atoms with Gasteiger partial charge in [-0.15, -0.1) is 15.0 Å². The van der Waals surface area contributed by atoms with Crippen molar-refractivity contribution >= 4 is 17.0 Å². The second kappa shape index (κ2) is 6.31. The van der Waals surface area contributed by atoms with Crippen molar-refractivity contribution in [3.05, 3.63) is 60.7 Å². The zero-order chi connectivity index (χ0) is 16.2. The van der Waals surface area contributed by atoms with Crippen molar-refractivity contribution in [1.82, 2.24) is 15.0 Å². The normalized spacial score (nSPS) is 10.6. The fraction of sp³-hybridized carbons (Fsp3) is 0.118. The Hall–Kier alpha value is -3.15. The number of fused-ring (bicyclic) bond motifs is 1. The van der Waals surface area contributed by atoms with Gasteiger partial charge in [-0.1, -0.05) is 24.8 Å². The molecule has 116 valence electrons. The van der Waals surface area contributed by atoms with E-state index in [1.165, 1.54) is 4.80 Å². The number of phenolic OH excluding ortho intramolecular Hbond substituents is 1. The smallest absolute Gasteiger partial charge is 0.330 e. The Morgan fingerprint density at radius 2 is 1.91 bits per heavy atom. The van der Waals surface area contributed by atoms with Gasteiger partial charge in [0.1, 0.15) is 22.5 Å². The van der Waals surface area contributed by atoms with Crippen molar-refractivity contribution < 1.29 is 14.6 Å². The summed E-state index contributed by atoms with van der Waals surface area (Å²) in [6.07, 6.45) is 1.65. The van der Waals surface area contributed by atoms with Crippen LogP contribution in [0, 0.1) is 0 Å². The van der Waals surface area contributed by atoms with Crippen molar-refractivity contribution in [1.29, 1.82) is 0 Å². The van der Waals surface area contributed by atoms with Crippen molar-refractivity contribution in [3.63, 3.8) is 0 Å². The topological polar surface area (TPSA) is 77.2 Å². The number of ether oxygens (including phenoxy) is 1. The molecule has 0 saturated heterocycles. The highest BCUT2D eigenvalue weighted by Crippen LogP contribution is 2.23. The minimum atomic E-state index is -0.455. The summed E-state index contributed by atoms with van der Waals surface area (Å²) >= 11 is 0. The molecule has 23 heavy (non-hydrogen) atoms. The Balaban J connectivity index is 1.85.